The van der Waals surface area contributed by atoms with Crippen LogP contribution < -0.4 is 10.2 Å². The maximum absolute atomic E-state index is 10.4. The Hall–Kier alpha value is -1.52. The lowest BCUT2D eigenvalue weighted by Crippen LogP contribution is -2.12. The molecule has 0 unspecified atom stereocenters. The molecule has 4 nitrogen and oxygen atoms in total. The number of methoxy groups -OCH3 is 1. The highest BCUT2D eigenvalue weighted by Crippen LogP contribution is 2.13. The molecule has 0 aromatic heterocycles. The number of hydrogen-bond donors (Lipinski definition) is 0. The molecule has 60 valence electrons. The average Bonchev–Trinajstić information content (AvgIpc) is 2.04. The second-order valence-electron chi connectivity index (χ2n) is 2.15. The first-order chi connectivity index (χ1) is 5.66. The molecule has 0 fully saturated rings. The van der Waals surface area contributed by atoms with Gasteiger partial charge in [-0.2, -0.15) is 0 Å². The van der Waals surface area contributed by atoms with E-state index in [1.54, 1.807) is 6.07 Å². The van der Waals surface area contributed by atoms with Crippen LogP contribution >= 0.6 is 0 Å². The predicted octanol–water partition coefficient (Wildman–Crippen LogP) is 0.397. The zero-order valence-electron chi connectivity index (χ0n) is 6.48. The van der Waals surface area contributed by atoms with Gasteiger partial charge in [-0.15, -0.1) is 0 Å². The van der Waals surface area contributed by atoms with Crippen molar-refractivity contribution in [2.24, 2.45) is 0 Å². The van der Waals surface area contributed by atoms with Gasteiger partial charge in [0.25, 0.3) is 5.69 Å². The third-order valence-corrected chi connectivity index (χ3v) is 1.46. The van der Waals surface area contributed by atoms with E-state index in [0.29, 0.717) is 5.75 Å². The zero-order valence-corrected chi connectivity index (χ0v) is 6.48. The summed E-state index contributed by atoms with van der Waals surface area (Å²) >= 11 is 0. The van der Waals surface area contributed by atoms with Crippen LogP contribution in [-0.2, 0) is 0 Å². The maximum atomic E-state index is 10.4. The lowest BCUT2D eigenvalue weighted by Gasteiger charge is -2.03. The van der Waals surface area contributed by atoms with Crippen molar-refractivity contribution in [2.75, 3.05) is 7.11 Å². The van der Waals surface area contributed by atoms with Crippen LogP contribution in [0.5, 0.6) is 5.75 Å². The van der Waals surface area contributed by atoms with Gasteiger partial charge in [-0.25, -0.2) is 0 Å². The average molecular weight is 163 g/mol. The molecule has 0 saturated heterocycles. The van der Waals surface area contributed by atoms with Crippen LogP contribution in [0.1, 0.15) is 0 Å². The van der Waals surface area contributed by atoms with Gasteiger partial charge in [0.15, 0.2) is 0 Å². The quantitative estimate of drug-likeness (QED) is 0.360. The van der Waals surface area contributed by atoms with Gasteiger partial charge < -0.3 is 4.74 Å². The first-order valence-corrected chi connectivity index (χ1v) is 3.23. The molecule has 1 aromatic rings. The Morgan fingerprint density at radius 1 is 1.58 bits per heavy atom. The van der Waals surface area contributed by atoms with E-state index in [0.717, 1.165) is 0 Å². The van der Waals surface area contributed by atoms with E-state index in [-0.39, 0.29) is 11.2 Å². The smallest absolute Gasteiger partial charge is 0.266 e. The standard InChI is InChI=1S/C7H6BNO3/c1-12-6-4-2-3-5(7(6)8)9(10)11/h2-4H,1H3. The minimum absolute atomic E-state index is 0.0602. The van der Waals surface area contributed by atoms with Gasteiger partial charge in [0.2, 0.25) is 0 Å². The van der Waals surface area contributed by atoms with Gasteiger partial charge in [0.05, 0.1) is 12.0 Å². The van der Waals surface area contributed by atoms with E-state index in [4.69, 9.17) is 12.6 Å². The summed E-state index contributed by atoms with van der Waals surface area (Å²) in [7, 11) is 6.84. The molecule has 0 aliphatic carbocycles. The Morgan fingerprint density at radius 3 is 2.75 bits per heavy atom. The molecule has 5 heteroatoms. The first-order valence-electron chi connectivity index (χ1n) is 3.23. The summed E-state index contributed by atoms with van der Waals surface area (Å²) in [6.45, 7) is 0. The van der Waals surface area contributed by atoms with Crippen LogP contribution in [0.3, 0.4) is 0 Å². The topological polar surface area (TPSA) is 52.4 Å². The summed E-state index contributed by atoms with van der Waals surface area (Å²) in [4.78, 5) is 9.82. The molecule has 0 amide bonds. The highest BCUT2D eigenvalue weighted by atomic mass is 16.6. The van der Waals surface area contributed by atoms with Crippen LogP contribution in [0.25, 0.3) is 0 Å². The van der Waals surface area contributed by atoms with Crippen LogP contribution in [0.15, 0.2) is 18.2 Å². The number of rotatable bonds is 2. The highest BCUT2D eigenvalue weighted by Gasteiger charge is 2.11. The van der Waals surface area contributed by atoms with Gasteiger partial charge in [-0.05, 0) is 6.07 Å². The SMILES string of the molecule is [B]c1c(OC)cccc1[N+](=O)[O-]. The molecule has 0 spiro atoms. The fraction of sp³-hybridized carbons (Fsp3) is 0.143. The van der Waals surface area contributed by atoms with Crippen molar-refractivity contribution in [3.05, 3.63) is 28.3 Å². The third kappa shape index (κ3) is 1.39. The van der Waals surface area contributed by atoms with Gasteiger partial charge >= 0.3 is 0 Å². The molecule has 2 radical (unpaired) electrons. The molecular weight excluding hydrogens is 157 g/mol. The van der Waals surface area contributed by atoms with Crippen LogP contribution in [0.4, 0.5) is 5.69 Å². The van der Waals surface area contributed by atoms with E-state index in [1.165, 1.54) is 19.2 Å². The van der Waals surface area contributed by atoms with Crippen LogP contribution in [0.2, 0.25) is 0 Å². The largest absolute Gasteiger partial charge is 0.497 e. The van der Waals surface area contributed by atoms with Crippen molar-refractivity contribution >= 4 is 19.0 Å². The molecule has 1 rings (SSSR count). The molecule has 0 aliphatic rings. The van der Waals surface area contributed by atoms with Gasteiger partial charge in [0.1, 0.15) is 13.6 Å². The van der Waals surface area contributed by atoms with Gasteiger partial charge in [-0.1, -0.05) is 6.07 Å². The number of nitro benzene ring substituents is 1. The van der Waals surface area contributed by atoms with Crippen molar-refractivity contribution in [3.63, 3.8) is 0 Å². The summed E-state index contributed by atoms with van der Waals surface area (Å²) < 4.78 is 4.81. The summed E-state index contributed by atoms with van der Waals surface area (Å²) in [6.07, 6.45) is 0. The Bertz CT molecular complexity index is 314. The fourth-order valence-corrected chi connectivity index (χ4v) is 0.870. The highest BCUT2D eigenvalue weighted by molar-refractivity contribution is 6.37. The second-order valence-corrected chi connectivity index (χ2v) is 2.15. The van der Waals surface area contributed by atoms with Crippen molar-refractivity contribution in [2.45, 2.75) is 0 Å². The van der Waals surface area contributed by atoms with Gasteiger partial charge in [0, 0.05) is 11.5 Å². The zero-order chi connectivity index (χ0) is 9.14. The van der Waals surface area contributed by atoms with E-state index in [1.807, 2.05) is 0 Å². The number of hydrogen-bond acceptors (Lipinski definition) is 3. The number of ether oxygens (including phenoxy) is 1. The molecule has 0 heterocycles. The second kappa shape index (κ2) is 3.25. The van der Waals surface area contributed by atoms with E-state index < -0.39 is 4.92 Å². The van der Waals surface area contributed by atoms with Crippen LogP contribution in [-0.4, -0.2) is 19.9 Å². The van der Waals surface area contributed by atoms with E-state index in [9.17, 15) is 10.1 Å². The van der Waals surface area contributed by atoms with Crippen molar-refractivity contribution < 1.29 is 9.66 Å². The minimum atomic E-state index is -0.544. The Morgan fingerprint density at radius 2 is 2.25 bits per heavy atom. The lowest BCUT2D eigenvalue weighted by atomic mass is 9.93. The Kier molecular flexibility index (Phi) is 2.33. The summed E-state index contributed by atoms with van der Waals surface area (Å²) in [5, 5.41) is 10.4. The van der Waals surface area contributed by atoms with E-state index in [2.05, 4.69) is 0 Å². The van der Waals surface area contributed by atoms with Crippen molar-refractivity contribution in [1.82, 2.24) is 0 Å². The molecular formula is C7H6BNO3. The number of nitro groups is 1. The first kappa shape index (κ1) is 8.58. The molecule has 0 saturated carbocycles. The monoisotopic (exact) mass is 163 g/mol. The molecule has 1 aromatic carbocycles. The predicted molar refractivity (Wildman–Crippen MR) is 45.0 cm³/mol. The molecule has 0 N–H and O–H groups in total. The summed E-state index contributed by atoms with van der Waals surface area (Å²) in [5.41, 5.74) is -0.0700. The molecule has 0 aliphatic heterocycles. The lowest BCUT2D eigenvalue weighted by molar-refractivity contribution is -0.383. The normalized spacial score (nSPS) is 9.42. The summed E-state index contributed by atoms with van der Waals surface area (Å²) in [6, 6.07) is 4.42. The molecule has 12 heavy (non-hydrogen) atoms. The minimum Gasteiger partial charge on any atom is -0.497 e. The third-order valence-electron chi connectivity index (χ3n) is 1.46. The van der Waals surface area contributed by atoms with Crippen molar-refractivity contribution in [1.29, 1.82) is 0 Å². The maximum Gasteiger partial charge on any atom is 0.266 e. The fourth-order valence-electron chi connectivity index (χ4n) is 0.870. The van der Waals surface area contributed by atoms with Crippen LogP contribution in [0, 0.1) is 10.1 Å². The molecule has 0 bridgehead atoms. The number of benzene rings is 1. The van der Waals surface area contributed by atoms with Gasteiger partial charge in [-0.3, -0.25) is 10.1 Å². The Labute approximate surface area is 70.7 Å². The summed E-state index contributed by atoms with van der Waals surface area (Å²) in [5.74, 6) is 0.323. The number of nitrogens with zero attached hydrogens (tertiary/aromatic N) is 1. The Balaban J connectivity index is 3.23. The van der Waals surface area contributed by atoms with Crippen molar-refractivity contribution in [3.8, 4) is 5.75 Å². The molecule has 0 atom stereocenters. The van der Waals surface area contributed by atoms with E-state index >= 15 is 0 Å².